The molecule has 1 aromatic rings. The lowest BCUT2D eigenvalue weighted by molar-refractivity contribution is 0.305. The molecule has 4 nitrogen and oxygen atoms in total. The summed E-state index contributed by atoms with van der Waals surface area (Å²) in [4.78, 5) is 0. The highest BCUT2D eigenvalue weighted by Crippen LogP contribution is 2.39. The zero-order valence-corrected chi connectivity index (χ0v) is 15.6. The minimum Gasteiger partial charge on any atom is -0.253 e. The van der Waals surface area contributed by atoms with E-state index in [0.29, 0.717) is 6.54 Å². The van der Waals surface area contributed by atoms with Crippen LogP contribution in [-0.4, -0.2) is 29.7 Å². The van der Waals surface area contributed by atoms with Gasteiger partial charge in [-0.15, -0.1) is 0 Å². The molecule has 1 aliphatic heterocycles. The predicted octanol–water partition coefficient (Wildman–Crippen LogP) is 3.97. The Balaban J connectivity index is 2.03. The van der Waals surface area contributed by atoms with Gasteiger partial charge in [0.1, 0.15) is 6.61 Å². The molecule has 0 bridgehead atoms. The van der Waals surface area contributed by atoms with Crippen LogP contribution in [0.4, 0.5) is 0 Å². The summed E-state index contributed by atoms with van der Waals surface area (Å²) in [6.45, 7) is 6.24. The summed E-state index contributed by atoms with van der Waals surface area (Å²) in [5.41, 5.74) is 2.18. The van der Waals surface area contributed by atoms with Gasteiger partial charge < -0.3 is 0 Å². The van der Waals surface area contributed by atoms with Crippen molar-refractivity contribution in [3.63, 3.8) is 0 Å². The minimum absolute atomic E-state index is 0.0569. The van der Waals surface area contributed by atoms with Gasteiger partial charge in [-0.2, -0.15) is 12.7 Å². The van der Waals surface area contributed by atoms with E-state index in [-0.39, 0.29) is 11.5 Å². The van der Waals surface area contributed by atoms with Gasteiger partial charge in [-0.05, 0) is 16.5 Å². The Morgan fingerprint density at radius 2 is 1.73 bits per heavy atom. The summed E-state index contributed by atoms with van der Waals surface area (Å²) in [5, 5.41) is 0. The van der Waals surface area contributed by atoms with Gasteiger partial charge in [0.15, 0.2) is 0 Å². The zero-order chi connectivity index (χ0) is 16.8. The Kier molecular flexibility index (Phi) is 5.09. The quantitative estimate of drug-likeness (QED) is 0.581. The lowest BCUT2D eigenvalue weighted by atomic mass is 9.86. The molecule has 0 aromatic heterocycles. The maximum Gasteiger partial charge on any atom is 0.339 e. The summed E-state index contributed by atoms with van der Waals surface area (Å²) in [5.74, 6) is 0. The number of benzene rings is 1. The van der Waals surface area contributed by atoms with Crippen LogP contribution < -0.4 is 0 Å². The summed E-state index contributed by atoms with van der Waals surface area (Å²) in [6, 6.07) is 7.70. The molecule has 1 heterocycles. The second-order valence-corrected chi connectivity index (χ2v) is 10.4. The first kappa shape index (κ1) is 18.3. The standard InChI is InChI=1S/C14H18Cl3NO3S/c1-13(2,3)11-6-4-10(5-7-11)12-8-18(12)22(19,20)21-9-14(15,16)17/h4-7,12H,8-9H2,1-3H3. The van der Waals surface area contributed by atoms with Crippen LogP contribution >= 0.6 is 34.8 Å². The van der Waals surface area contributed by atoms with Gasteiger partial charge in [-0.25, -0.2) is 0 Å². The van der Waals surface area contributed by atoms with E-state index in [1.54, 1.807) is 0 Å². The van der Waals surface area contributed by atoms with Crippen LogP contribution in [0.5, 0.6) is 0 Å². The number of rotatable bonds is 4. The van der Waals surface area contributed by atoms with Gasteiger partial charge in [0, 0.05) is 6.54 Å². The normalized spacial score (nSPS) is 22.6. The van der Waals surface area contributed by atoms with Crippen molar-refractivity contribution in [3.05, 3.63) is 35.4 Å². The van der Waals surface area contributed by atoms with Crippen LogP contribution in [0.25, 0.3) is 0 Å². The highest BCUT2D eigenvalue weighted by molar-refractivity contribution is 7.84. The number of halogens is 3. The van der Waals surface area contributed by atoms with Crippen molar-refractivity contribution in [3.8, 4) is 0 Å². The molecule has 0 radical (unpaired) electrons. The number of alkyl halides is 3. The van der Waals surface area contributed by atoms with Crippen LogP contribution in [0.1, 0.15) is 37.9 Å². The number of hydrogen-bond donors (Lipinski definition) is 0. The van der Waals surface area contributed by atoms with E-state index < -0.39 is 20.7 Å². The fraction of sp³-hybridized carbons (Fsp3) is 0.571. The SMILES string of the molecule is CC(C)(C)c1ccc(C2CN2S(=O)(=O)OCC(Cl)(Cl)Cl)cc1. The van der Waals surface area contributed by atoms with E-state index in [1.165, 1.54) is 9.87 Å². The van der Waals surface area contributed by atoms with Gasteiger partial charge in [-0.3, -0.25) is 4.18 Å². The Morgan fingerprint density at radius 3 is 2.18 bits per heavy atom. The molecule has 124 valence electrons. The number of nitrogens with zero attached hydrogens (tertiary/aromatic N) is 1. The molecule has 0 N–H and O–H groups in total. The van der Waals surface area contributed by atoms with Gasteiger partial charge in [0.25, 0.3) is 0 Å². The first-order valence-electron chi connectivity index (χ1n) is 6.73. The van der Waals surface area contributed by atoms with Crippen LogP contribution in [0.2, 0.25) is 0 Å². The second-order valence-electron chi connectivity index (χ2n) is 6.29. The third-order valence-electron chi connectivity index (χ3n) is 3.39. The Hall–Kier alpha value is -0.0400. The fourth-order valence-electron chi connectivity index (χ4n) is 2.06. The summed E-state index contributed by atoms with van der Waals surface area (Å²) < 4.78 is 28.2. The first-order valence-corrected chi connectivity index (χ1v) is 9.23. The highest BCUT2D eigenvalue weighted by Gasteiger charge is 2.46. The van der Waals surface area contributed by atoms with Crippen molar-refractivity contribution in [1.29, 1.82) is 0 Å². The Morgan fingerprint density at radius 1 is 1.18 bits per heavy atom. The molecule has 2 rings (SSSR count). The molecular weight excluding hydrogens is 369 g/mol. The van der Waals surface area contributed by atoms with Gasteiger partial charge in [0.2, 0.25) is 3.79 Å². The molecule has 2 unspecified atom stereocenters. The van der Waals surface area contributed by atoms with E-state index in [9.17, 15) is 8.42 Å². The van der Waals surface area contributed by atoms with Gasteiger partial charge in [-0.1, -0.05) is 79.8 Å². The molecular formula is C14H18Cl3NO3S. The van der Waals surface area contributed by atoms with Crippen LogP contribution in [0.3, 0.4) is 0 Å². The third kappa shape index (κ3) is 4.73. The zero-order valence-electron chi connectivity index (χ0n) is 12.5. The maximum absolute atomic E-state index is 12.0. The summed E-state index contributed by atoms with van der Waals surface area (Å²) in [6.07, 6.45) is 0. The Bertz CT molecular complexity index is 633. The molecule has 0 spiro atoms. The van der Waals surface area contributed by atoms with Crippen LogP contribution in [0, 0.1) is 0 Å². The van der Waals surface area contributed by atoms with Gasteiger partial charge >= 0.3 is 10.3 Å². The van der Waals surface area contributed by atoms with E-state index >= 15 is 0 Å². The van der Waals surface area contributed by atoms with Crippen molar-refractivity contribution >= 4 is 45.1 Å². The molecule has 1 aromatic carbocycles. The first-order chi connectivity index (χ1) is 9.90. The summed E-state index contributed by atoms with van der Waals surface area (Å²) >= 11 is 16.5. The topological polar surface area (TPSA) is 46.4 Å². The van der Waals surface area contributed by atoms with Gasteiger partial charge in [0.05, 0.1) is 6.04 Å². The minimum atomic E-state index is -3.88. The van der Waals surface area contributed by atoms with Crippen molar-refractivity contribution in [2.45, 2.75) is 36.0 Å². The third-order valence-corrected chi connectivity index (χ3v) is 5.11. The van der Waals surface area contributed by atoms with Crippen molar-refractivity contribution in [2.24, 2.45) is 0 Å². The number of hydrogen-bond acceptors (Lipinski definition) is 3. The lowest BCUT2D eigenvalue weighted by Gasteiger charge is -2.19. The average Bonchev–Trinajstić information content (AvgIpc) is 3.16. The van der Waals surface area contributed by atoms with E-state index in [0.717, 1.165) is 5.56 Å². The largest absolute Gasteiger partial charge is 0.339 e. The lowest BCUT2D eigenvalue weighted by Crippen LogP contribution is -2.22. The van der Waals surface area contributed by atoms with Crippen LogP contribution in [-0.2, 0) is 19.9 Å². The highest BCUT2D eigenvalue weighted by atomic mass is 35.6. The van der Waals surface area contributed by atoms with E-state index in [2.05, 4.69) is 20.8 Å². The van der Waals surface area contributed by atoms with Crippen LogP contribution in [0.15, 0.2) is 24.3 Å². The summed E-state index contributed by atoms with van der Waals surface area (Å²) in [7, 11) is -3.88. The maximum atomic E-state index is 12.0. The molecule has 2 atom stereocenters. The molecule has 1 saturated heterocycles. The molecule has 0 saturated carbocycles. The average molecular weight is 387 g/mol. The predicted molar refractivity (Wildman–Crippen MR) is 89.8 cm³/mol. The fourth-order valence-corrected chi connectivity index (χ4v) is 3.63. The Labute approximate surface area is 146 Å². The van der Waals surface area contributed by atoms with E-state index in [1.807, 2.05) is 24.3 Å². The molecule has 22 heavy (non-hydrogen) atoms. The molecule has 8 heteroatoms. The molecule has 1 fully saturated rings. The molecule has 1 aliphatic rings. The molecule has 0 amide bonds. The van der Waals surface area contributed by atoms with E-state index in [4.69, 9.17) is 39.0 Å². The van der Waals surface area contributed by atoms with Crippen molar-refractivity contribution in [2.75, 3.05) is 13.2 Å². The smallest absolute Gasteiger partial charge is 0.253 e. The second kappa shape index (κ2) is 6.11. The molecule has 0 aliphatic carbocycles. The monoisotopic (exact) mass is 385 g/mol. The van der Waals surface area contributed by atoms with Crippen molar-refractivity contribution < 1.29 is 12.6 Å². The van der Waals surface area contributed by atoms with Crippen molar-refractivity contribution in [1.82, 2.24) is 4.31 Å².